The molecular formula is C22H30BrN3O3S. The van der Waals surface area contributed by atoms with Gasteiger partial charge in [0, 0.05) is 36.1 Å². The minimum absolute atomic E-state index is 0. The van der Waals surface area contributed by atoms with Crippen LogP contribution in [0, 0.1) is 5.92 Å². The summed E-state index contributed by atoms with van der Waals surface area (Å²) >= 11 is 1.51. The molecule has 6 nitrogen and oxygen atoms in total. The Balaban J connectivity index is 0.00000320. The van der Waals surface area contributed by atoms with Gasteiger partial charge in [-0.2, -0.15) is 5.10 Å². The van der Waals surface area contributed by atoms with Gasteiger partial charge in [-0.1, -0.05) is 50.1 Å². The van der Waals surface area contributed by atoms with Crippen molar-refractivity contribution in [2.24, 2.45) is 11.0 Å². The first-order chi connectivity index (χ1) is 14.2. The van der Waals surface area contributed by atoms with Gasteiger partial charge in [0.05, 0.1) is 18.2 Å². The second kappa shape index (κ2) is 12.8. The fourth-order valence-electron chi connectivity index (χ4n) is 3.27. The Kier molecular flexibility index (Phi) is 10.5. The summed E-state index contributed by atoms with van der Waals surface area (Å²) in [5.41, 5.74) is 5.86. The molecule has 2 heterocycles. The van der Waals surface area contributed by atoms with Crippen molar-refractivity contribution in [3.8, 4) is 11.3 Å². The van der Waals surface area contributed by atoms with E-state index in [2.05, 4.69) is 22.4 Å². The predicted molar refractivity (Wildman–Crippen MR) is 128 cm³/mol. The van der Waals surface area contributed by atoms with Crippen molar-refractivity contribution < 1.29 is 14.3 Å². The van der Waals surface area contributed by atoms with Crippen molar-refractivity contribution >= 4 is 45.1 Å². The molecule has 1 aliphatic rings. The molecule has 2 unspecified atom stereocenters. The average Bonchev–Trinajstić information content (AvgIpc) is 3.34. The Bertz CT molecular complexity index is 813. The molecule has 0 spiro atoms. The van der Waals surface area contributed by atoms with E-state index in [1.165, 1.54) is 24.2 Å². The summed E-state index contributed by atoms with van der Waals surface area (Å²) in [5.74, 6) is -0.303. The topological polar surface area (TPSA) is 72.8 Å². The third-order valence-electron chi connectivity index (χ3n) is 4.82. The predicted octanol–water partition coefficient (Wildman–Crippen LogP) is 5.70. The van der Waals surface area contributed by atoms with Crippen LogP contribution in [-0.4, -0.2) is 36.0 Å². The van der Waals surface area contributed by atoms with Gasteiger partial charge in [0.25, 0.3) is 0 Å². The number of nitrogens with zero attached hydrogens (tertiary/aromatic N) is 2. The second-order valence-corrected chi connectivity index (χ2v) is 8.20. The van der Waals surface area contributed by atoms with Crippen molar-refractivity contribution in [2.45, 2.75) is 52.1 Å². The summed E-state index contributed by atoms with van der Waals surface area (Å²) in [6.07, 6.45) is 4.53. The van der Waals surface area contributed by atoms with Gasteiger partial charge in [-0.05, 0) is 13.3 Å². The van der Waals surface area contributed by atoms with Crippen LogP contribution in [0.2, 0.25) is 0 Å². The highest BCUT2D eigenvalue weighted by Crippen LogP contribution is 2.26. The van der Waals surface area contributed by atoms with E-state index in [1.54, 1.807) is 0 Å². The van der Waals surface area contributed by atoms with Crippen LogP contribution >= 0.6 is 28.3 Å². The number of anilines is 1. The van der Waals surface area contributed by atoms with Crippen LogP contribution in [0.25, 0.3) is 11.3 Å². The number of rotatable bonds is 11. The molecule has 0 saturated carbocycles. The first kappa shape index (κ1) is 24.5. The molecule has 1 saturated heterocycles. The molecule has 164 valence electrons. The van der Waals surface area contributed by atoms with E-state index in [-0.39, 0.29) is 35.0 Å². The van der Waals surface area contributed by atoms with Crippen LogP contribution in [0.4, 0.5) is 5.13 Å². The maximum atomic E-state index is 12.1. The minimum Gasteiger partial charge on any atom is -0.460 e. The lowest BCUT2D eigenvalue weighted by Crippen LogP contribution is -2.15. The lowest BCUT2D eigenvalue weighted by molar-refractivity contribution is -0.146. The second-order valence-electron chi connectivity index (χ2n) is 7.34. The largest absolute Gasteiger partial charge is 0.460 e. The molecule has 0 amide bonds. The molecule has 1 fully saturated rings. The number of nitrogens with one attached hydrogen (secondary N) is 1. The standard InChI is InChI=1S/C22H29N3O3S.BrH/c1-3-4-8-11-27-14-19-13-18(21(26)28-19)12-16(2)24-25-22-23-20(15-29-22)17-9-6-5-7-10-17;/h5-7,9-10,15,18-19H,3-4,8,11-14H2,1-2H3,(H,23,25);1H. The molecule has 1 N–H and O–H groups in total. The first-order valence-corrected chi connectivity index (χ1v) is 11.1. The van der Waals surface area contributed by atoms with E-state index < -0.39 is 0 Å². The van der Waals surface area contributed by atoms with Gasteiger partial charge in [-0.15, -0.1) is 28.3 Å². The quantitative estimate of drug-likeness (QED) is 0.187. The number of cyclic esters (lactones) is 1. The number of unbranched alkanes of at least 4 members (excludes halogenated alkanes) is 2. The van der Waals surface area contributed by atoms with E-state index in [0.717, 1.165) is 35.1 Å². The maximum absolute atomic E-state index is 12.1. The lowest BCUT2D eigenvalue weighted by atomic mass is 9.99. The zero-order valence-corrected chi connectivity index (χ0v) is 20.0. The van der Waals surface area contributed by atoms with Gasteiger partial charge in [0.2, 0.25) is 5.13 Å². The number of hydrogen-bond acceptors (Lipinski definition) is 7. The third kappa shape index (κ3) is 7.49. The average molecular weight is 496 g/mol. The monoisotopic (exact) mass is 495 g/mol. The van der Waals surface area contributed by atoms with Crippen molar-refractivity contribution in [1.82, 2.24) is 4.98 Å². The molecular weight excluding hydrogens is 466 g/mol. The van der Waals surface area contributed by atoms with Crippen LogP contribution in [0.15, 0.2) is 40.8 Å². The lowest BCUT2D eigenvalue weighted by Gasteiger charge is -2.09. The fourth-order valence-corrected chi connectivity index (χ4v) is 3.93. The summed E-state index contributed by atoms with van der Waals surface area (Å²) in [6.45, 7) is 5.30. The molecule has 3 rings (SSSR count). The number of benzene rings is 1. The first-order valence-electron chi connectivity index (χ1n) is 10.2. The Morgan fingerprint density at radius 3 is 2.90 bits per heavy atom. The summed E-state index contributed by atoms with van der Waals surface area (Å²) in [5, 5.41) is 7.13. The summed E-state index contributed by atoms with van der Waals surface area (Å²) in [4.78, 5) is 16.7. The number of thiazole rings is 1. The zero-order valence-electron chi connectivity index (χ0n) is 17.5. The molecule has 2 aromatic rings. The molecule has 0 aliphatic carbocycles. The Labute approximate surface area is 192 Å². The smallest absolute Gasteiger partial charge is 0.309 e. The third-order valence-corrected chi connectivity index (χ3v) is 5.56. The maximum Gasteiger partial charge on any atom is 0.309 e. The molecule has 0 radical (unpaired) electrons. The highest BCUT2D eigenvalue weighted by Gasteiger charge is 2.34. The van der Waals surface area contributed by atoms with Crippen LogP contribution < -0.4 is 5.43 Å². The van der Waals surface area contributed by atoms with E-state index in [0.29, 0.717) is 19.4 Å². The summed E-state index contributed by atoms with van der Waals surface area (Å²) in [7, 11) is 0. The number of halogens is 1. The Morgan fingerprint density at radius 2 is 2.13 bits per heavy atom. The molecule has 1 aromatic carbocycles. The minimum atomic E-state index is -0.152. The van der Waals surface area contributed by atoms with Crippen LogP contribution in [0.3, 0.4) is 0 Å². The number of hydrogen-bond donors (Lipinski definition) is 1. The highest BCUT2D eigenvalue weighted by molar-refractivity contribution is 8.93. The van der Waals surface area contributed by atoms with E-state index in [4.69, 9.17) is 9.47 Å². The Morgan fingerprint density at radius 1 is 1.33 bits per heavy atom. The summed E-state index contributed by atoms with van der Waals surface area (Å²) in [6, 6.07) is 10.0. The molecule has 0 bridgehead atoms. The number of carbonyl (C=O) groups excluding carboxylic acids is 1. The van der Waals surface area contributed by atoms with Crippen molar-refractivity contribution in [3.63, 3.8) is 0 Å². The normalized spacial score (nSPS) is 18.7. The number of ether oxygens (including phenoxy) is 2. The Hall–Kier alpha value is -1.77. The number of esters is 1. The van der Waals surface area contributed by atoms with Crippen LogP contribution in [0.1, 0.15) is 46.0 Å². The molecule has 1 aliphatic heterocycles. The highest BCUT2D eigenvalue weighted by atomic mass is 79.9. The van der Waals surface area contributed by atoms with Gasteiger partial charge in [-0.25, -0.2) is 4.98 Å². The van der Waals surface area contributed by atoms with E-state index >= 15 is 0 Å². The fraction of sp³-hybridized carbons (Fsp3) is 0.500. The van der Waals surface area contributed by atoms with Crippen LogP contribution in [-0.2, 0) is 14.3 Å². The van der Waals surface area contributed by atoms with Gasteiger partial charge in [-0.3, -0.25) is 10.2 Å². The SMILES string of the molecule is Br.CCCCCOCC1CC(CC(C)=NNc2nc(-c3ccccc3)cs2)C(=O)O1. The van der Waals surface area contributed by atoms with E-state index in [9.17, 15) is 4.79 Å². The van der Waals surface area contributed by atoms with Crippen molar-refractivity contribution in [1.29, 1.82) is 0 Å². The number of carbonyl (C=O) groups is 1. The molecule has 2 atom stereocenters. The molecule has 30 heavy (non-hydrogen) atoms. The zero-order chi connectivity index (χ0) is 20.5. The van der Waals surface area contributed by atoms with Crippen molar-refractivity contribution in [3.05, 3.63) is 35.7 Å². The number of aromatic nitrogens is 1. The van der Waals surface area contributed by atoms with Gasteiger partial charge in [0.15, 0.2) is 0 Å². The molecule has 8 heteroatoms. The summed E-state index contributed by atoms with van der Waals surface area (Å²) < 4.78 is 11.1. The van der Waals surface area contributed by atoms with Gasteiger partial charge in [0.1, 0.15) is 6.10 Å². The number of hydrazone groups is 1. The van der Waals surface area contributed by atoms with Gasteiger partial charge < -0.3 is 9.47 Å². The van der Waals surface area contributed by atoms with E-state index in [1.807, 2.05) is 42.6 Å². The molecule has 1 aromatic heterocycles. The van der Waals surface area contributed by atoms with Crippen LogP contribution in [0.5, 0.6) is 0 Å². The van der Waals surface area contributed by atoms with Gasteiger partial charge >= 0.3 is 5.97 Å². The van der Waals surface area contributed by atoms with Crippen molar-refractivity contribution in [2.75, 3.05) is 18.6 Å².